The topological polar surface area (TPSA) is 14.2 Å². The van der Waals surface area contributed by atoms with E-state index in [0.717, 1.165) is 17.9 Å². The Hall–Kier alpha value is -6.64. The number of ether oxygens (including phenoxy) is 1. The minimum Gasteiger partial charge on any atom is -0.457 e. The van der Waals surface area contributed by atoms with Gasteiger partial charge in [-0.05, 0) is 86.8 Å². The maximum absolute atomic E-state index is 6.65. The molecular weight excluding hydrogens is 643 g/mol. The number of para-hydroxylation sites is 4. The molecule has 0 amide bonds. The van der Waals surface area contributed by atoms with Crippen LogP contribution in [0.2, 0.25) is 0 Å². The standard InChI is InChI=1S/C51H33NO/c1-3-15-32(16-4-1)39-31-40-34(27-28-37-35-19-8-12-24-45(35)52(50(37)40)33-17-5-2-6-18-33)36-29-30-44-49(48(36)39)38-20-7-9-21-41(38)51(44)42-22-10-13-25-46(42)53-47-26-14-11-23-43(47)51/h1-30,39H,31H2. The van der Waals surface area contributed by atoms with E-state index in [0.29, 0.717) is 0 Å². The van der Waals surface area contributed by atoms with Crippen LogP contribution in [0.3, 0.4) is 0 Å². The summed E-state index contributed by atoms with van der Waals surface area (Å²) < 4.78 is 9.16. The van der Waals surface area contributed by atoms with E-state index in [2.05, 4.69) is 187 Å². The molecule has 1 aromatic heterocycles. The fraction of sp³-hybridized carbons (Fsp3) is 0.0588. The smallest absolute Gasteiger partial charge is 0.132 e. The quantitative estimate of drug-likeness (QED) is 0.178. The third kappa shape index (κ3) is 3.72. The van der Waals surface area contributed by atoms with Crippen molar-refractivity contribution in [3.05, 3.63) is 221 Å². The molecule has 1 spiro atoms. The van der Waals surface area contributed by atoms with Gasteiger partial charge in [0.25, 0.3) is 0 Å². The SMILES string of the molecule is c1ccc(C2Cc3c(ccc4c5ccccc5n(-c5ccccc5)c34)-c3ccc4c(c32)-c2ccccc2C42c3ccccc3Oc3ccccc32)cc1. The lowest BCUT2D eigenvalue weighted by atomic mass is 9.65. The van der Waals surface area contributed by atoms with Crippen LogP contribution in [0.15, 0.2) is 182 Å². The number of benzene rings is 8. The highest BCUT2D eigenvalue weighted by atomic mass is 16.5. The van der Waals surface area contributed by atoms with E-state index in [4.69, 9.17) is 4.74 Å². The van der Waals surface area contributed by atoms with E-state index in [1.54, 1.807) is 0 Å². The Morgan fingerprint density at radius 1 is 0.472 bits per heavy atom. The molecule has 1 aliphatic heterocycles. The first-order chi connectivity index (χ1) is 26.3. The lowest BCUT2D eigenvalue weighted by Gasteiger charge is -2.40. The molecule has 2 heteroatoms. The Labute approximate surface area is 308 Å². The first-order valence-corrected chi connectivity index (χ1v) is 18.6. The predicted octanol–water partition coefficient (Wildman–Crippen LogP) is 12.6. The van der Waals surface area contributed by atoms with Crippen LogP contribution in [-0.2, 0) is 11.8 Å². The van der Waals surface area contributed by atoms with Gasteiger partial charge in [-0.15, -0.1) is 0 Å². The highest BCUT2D eigenvalue weighted by Crippen LogP contribution is 2.64. The molecule has 0 radical (unpaired) electrons. The second-order valence-electron chi connectivity index (χ2n) is 14.7. The molecule has 1 unspecified atom stereocenters. The van der Waals surface area contributed by atoms with Crippen molar-refractivity contribution >= 4 is 21.8 Å². The summed E-state index contributed by atoms with van der Waals surface area (Å²) in [5.41, 5.74) is 17.8. The highest BCUT2D eigenvalue weighted by Gasteiger charge is 2.52. The van der Waals surface area contributed by atoms with E-state index in [9.17, 15) is 0 Å². The molecular formula is C51H33NO. The van der Waals surface area contributed by atoms with Crippen molar-refractivity contribution in [3.63, 3.8) is 0 Å². The average molecular weight is 676 g/mol. The number of hydrogen-bond donors (Lipinski definition) is 0. The molecule has 2 aliphatic carbocycles. The van der Waals surface area contributed by atoms with Crippen LogP contribution in [0.5, 0.6) is 11.5 Å². The summed E-state index contributed by atoms with van der Waals surface area (Å²) in [6.45, 7) is 0. The van der Waals surface area contributed by atoms with Gasteiger partial charge in [0.15, 0.2) is 0 Å². The predicted molar refractivity (Wildman–Crippen MR) is 216 cm³/mol. The van der Waals surface area contributed by atoms with E-state index >= 15 is 0 Å². The molecule has 0 fully saturated rings. The molecule has 0 N–H and O–H groups in total. The van der Waals surface area contributed by atoms with Crippen LogP contribution in [0.4, 0.5) is 0 Å². The monoisotopic (exact) mass is 675 g/mol. The molecule has 3 aliphatic rings. The summed E-state index contributed by atoms with van der Waals surface area (Å²) in [6.07, 6.45) is 0.898. The van der Waals surface area contributed by atoms with Crippen LogP contribution in [0, 0.1) is 0 Å². The minimum absolute atomic E-state index is 0.148. The molecule has 8 aromatic carbocycles. The van der Waals surface area contributed by atoms with E-state index in [1.807, 2.05) is 0 Å². The molecule has 12 rings (SSSR count). The summed E-state index contributed by atoms with van der Waals surface area (Å²) >= 11 is 0. The first kappa shape index (κ1) is 29.0. The van der Waals surface area contributed by atoms with Crippen molar-refractivity contribution in [2.24, 2.45) is 0 Å². The molecule has 53 heavy (non-hydrogen) atoms. The number of hydrogen-bond acceptors (Lipinski definition) is 1. The van der Waals surface area contributed by atoms with Crippen LogP contribution in [0.1, 0.15) is 44.9 Å². The van der Waals surface area contributed by atoms with Gasteiger partial charge in [0.1, 0.15) is 11.5 Å². The van der Waals surface area contributed by atoms with Crippen LogP contribution < -0.4 is 4.74 Å². The molecule has 248 valence electrons. The zero-order chi connectivity index (χ0) is 34.7. The Balaban J connectivity index is 1.23. The molecule has 0 bridgehead atoms. The summed E-state index contributed by atoms with van der Waals surface area (Å²) in [5, 5.41) is 2.59. The van der Waals surface area contributed by atoms with Crippen molar-refractivity contribution in [2.75, 3.05) is 0 Å². The van der Waals surface area contributed by atoms with Gasteiger partial charge in [-0.1, -0.05) is 152 Å². The van der Waals surface area contributed by atoms with Crippen LogP contribution in [-0.4, -0.2) is 4.57 Å². The largest absolute Gasteiger partial charge is 0.457 e. The Kier molecular flexibility index (Phi) is 5.85. The second-order valence-corrected chi connectivity index (χ2v) is 14.7. The van der Waals surface area contributed by atoms with E-state index in [-0.39, 0.29) is 5.92 Å². The van der Waals surface area contributed by atoms with Crippen molar-refractivity contribution in [2.45, 2.75) is 17.8 Å². The number of rotatable bonds is 2. The minimum atomic E-state index is -0.502. The van der Waals surface area contributed by atoms with Crippen molar-refractivity contribution < 1.29 is 4.74 Å². The highest BCUT2D eigenvalue weighted by molar-refractivity contribution is 6.12. The molecule has 0 saturated heterocycles. The normalized spacial score (nSPS) is 15.6. The third-order valence-electron chi connectivity index (χ3n) is 12.3. The summed E-state index contributed by atoms with van der Waals surface area (Å²) in [4.78, 5) is 0. The van der Waals surface area contributed by atoms with Gasteiger partial charge in [0, 0.05) is 33.5 Å². The Bertz CT molecular complexity index is 2910. The fourth-order valence-electron chi connectivity index (χ4n) is 10.3. The third-order valence-corrected chi connectivity index (χ3v) is 12.3. The van der Waals surface area contributed by atoms with Crippen LogP contribution >= 0.6 is 0 Å². The number of nitrogens with zero attached hydrogens (tertiary/aromatic N) is 1. The van der Waals surface area contributed by atoms with E-state index in [1.165, 1.54) is 88.7 Å². The molecule has 0 saturated carbocycles. The first-order valence-electron chi connectivity index (χ1n) is 18.6. The van der Waals surface area contributed by atoms with Crippen molar-refractivity contribution in [3.8, 4) is 39.4 Å². The van der Waals surface area contributed by atoms with Crippen molar-refractivity contribution in [1.82, 2.24) is 4.57 Å². The van der Waals surface area contributed by atoms with Gasteiger partial charge in [-0.25, -0.2) is 0 Å². The summed E-state index contributed by atoms with van der Waals surface area (Å²) in [7, 11) is 0. The second kappa shape index (κ2) is 10.7. The van der Waals surface area contributed by atoms with Gasteiger partial charge in [0.2, 0.25) is 0 Å². The van der Waals surface area contributed by atoms with Gasteiger partial charge in [-0.2, -0.15) is 0 Å². The fourth-order valence-corrected chi connectivity index (χ4v) is 10.3. The Morgan fingerprint density at radius 3 is 1.87 bits per heavy atom. The summed E-state index contributed by atoms with van der Waals surface area (Å²) in [5.74, 6) is 2.00. The van der Waals surface area contributed by atoms with Crippen LogP contribution in [0.25, 0.3) is 49.7 Å². The van der Waals surface area contributed by atoms with Gasteiger partial charge in [0.05, 0.1) is 16.4 Å². The van der Waals surface area contributed by atoms with E-state index < -0.39 is 5.41 Å². The number of fused-ring (bicyclic) bond motifs is 17. The molecule has 1 atom stereocenters. The van der Waals surface area contributed by atoms with Gasteiger partial charge >= 0.3 is 0 Å². The zero-order valence-corrected chi connectivity index (χ0v) is 29.0. The average Bonchev–Trinajstić information content (AvgIpc) is 3.72. The Morgan fingerprint density at radius 2 is 1.09 bits per heavy atom. The maximum atomic E-state index is 6.65. The van der Waals surface area contributed by atoms with Crippen molar-refractivity contribution in [1.29, 1.82) is 0 Å². The maximum Gasteiger partial charge on any atom is 0.132 e. The lowest BCUT2D eigenvalue weighted by molar-refractivity contribution is 0.436. The molecule has 9 aromatic rings. The summed E-state index contributed by atoms with van der Waals surface area (Å²) in [6, 6.07) is 67.1. The van der Waals surface area contributed by atoms with Gasteiger partial charge < -0.3 is 9.30 Å². The molecule has 2 nitrogen and oxygen atoms in total. The van der Waals surface area contributed by atoms with Gasteiger partial charge in [-0.3, -0.25) is 0 Å². The zero-order valence-electron chi connectivity index (χ0n) is 29.0. The lowest BCUT2D eigenvalue weighted by Crippen LogP contribution is -2.32. The molecule has 2 heterocycles. The number of aromatic nitrogens is 1.